The second kappa shape index (κ2) is 7.40. The molecule has 0 amide bonds. The molecule has 0 saturated heterocycles. The van der Waals surface area contributed by atoms with E-state index in [1.165, 1.54) is 12.8 Å². The average Bonchev–Trinajstić information content (AvgIpc) is 3.22. The third kappa shape index (κ3) is 5.34. The van der Waals surface area contributed by atoms with E-state index in [9.17, 15) is 0 Å². The fourth-order valence-corrected chi connectivity index (χ4v) is 1.98. The van der Waals surface area contributed by atoms with Crippen LogP contribution in [0.4, 0.5) is 11.9 Å². The zero-order valence-corrected chi connectivity index (χ0v) is 13.4. The van der Waals surface area contributed by atoms with Crippen LogP contribution in [0, 0.1) is 0 Å². The maximum atomic E-state index is 5.56. The summed E-state index contributed by atoms with van der Waals surface area (Å²) in [5, 5.41) is 6.34. The van der Waals surface area contributed by atoms with Crippen molar-refractivity contribution in [3.63, 3.8) is 0 Å². The van der Waals surface area contributed by atoms with Crippen molar-refractivity contribution in [2.75, 3.05) is 37.3 Å². The number of nitrogens with one attached hydrogen (secondary N) is 2. The Morgan fingerprint density at radius 2 is 1.86 bits per heavy atom. The highest BCUT2D eigenvalue weighted by atomic mass is 16.5. The maximum Gasteiger partial charge on any atom is 0.323 e. The van der Waals surface area contributed by atoms with Gasteiger partial charge in [-0.2, -0.15) is 15.0 Å². The summed E-state index contributed by atoms with van der Waals surface area (Å²) in [5.41, 5.74) is 0. The molecule has 7 heteroatoms. The molecule has 1 heterocycles. The minimum absolute atomic E-state index is 0.0377. The van der Waals surface area contributed by atoms with Crippen LogP contribution < -0.4 is 15.4 Å². The van der Waals surface area contributed by atoms with Crippen LogP contribution in [0.3, 0.4) is 0 Å². The van der Waals surface area contributed by atoms with Crippen molar-refractivity contribution in [3.05, 3.63) is 0 Å². The summed E-state index contributed by atoms with van der Waals surface area (Å²) in [4.78, 5) is 15.2. The lowest BCUT2D eigenvalue weighted by Crippen LogP contribution is -2.27. The zero-order valence-electron chi connectivity index (χ0n) is 13.4. The lowest BCUT2D eigenvalue weighted by Gasteiger charge is -2.16. The standard InChI is InChI=1S/C14H26N6O/c1-5-15-12-17-13(19-14(18-12)21-10(2)3)16-8-9-20(4)11-6-7-11/h10-11H,5-9H2,1-4H3,(H2,15,16,17,18,19). The van der Waals surface area contributed by atoms with E-state index in [-0.39, 0.29) is 6.10 Å². The zero-order chi connectivity index (χ0) is 15.2. The molecule has 1 aromatic heterocycles. The number of hydrogen-bond acceptors (Lipinski definition) is 7. The van der Waals surface area contributed by atoms with Crippen molar-refractivity contribution in [2.45, 2.75) is 45.8 Å². The van der Waals surface area contributed by atoms with Crippen LogP contribution >= 0.6 is 0 Å². The van der Waals surface area contributed by atoms with Crippen molar-refractivity contribution in [1.29, 1.82) is 0 Å². The third-order valence-electron chi connectivity index (χ3n) is 3.21. The minimum atomic E-state index is 0.0377. The molecule has 1 saturated carbocycles. The molecule has 21 heavy (non-hydrogen) atoms. The summed E-state index contributed by atoms with van der Waals surface area (Å²) in [7, 11) is 2.16. The van der Waals surface area contributed by atoms with Crippen LogP contribution in [0.25, 0.3) is 0 Å². The van der Waals surface area contributed by atoms with Crippen molar-refractivity contribution >= 4 is 11.9 Å². The Balaban J connectivity index is 1.93. The molecule has 0 atom stereocenters. The highest BCUT2D eigenvalue weighted by Gasteiger charge is 2.25. The monoisotopic (exact) mass is 294 g/mol. The largest absolute Gasteiger partial charge is 0.461 e. The number of nitrogens with zero attached hydrogens (tertiary/aromatic N) is 4. The normalized spacial score (nSPS) is 14.6. The lowest BCUT2D eigenvalue weighted by molar-refractivity contribution is 0.222. The van der Waals surface area contributed by atoms with E-state index in [0.29, 0.717) is 17.9 Å². The number of aromatic nitrogens is 3. The molecule has 2 N–H and O–H groups in total. The summed E-state index contributed by atoms with van der Waals surface area (Å²) in [6.07, 6.45) is 2.68. The second-order valence-electron chi connectivity index (χ2n) is 5.60. The van der Waals surface area contributed by atoms with E-state index in [1.54, 1.807) is 0 Å². The van der Waals surface area contributed by atoms with Gasteiger partial charge in [0.2, 0.25) is 11.9 Å². The highest BCUT2D eigenvalue weighted by molar-refractivity contribution is 5.35. The minimum Gasteiger partial charge on any atom is -0.461 e. The first-order valence-electron chi connectivity index (χ1n) is 7.69. The molecule has 1 aliphatic carbocycles. The van der Waals surface area contributed by atoms with Gasteiger partial charge in [-0.3, -0.25) is 0 Å². The molecule has 0 radical (unpaired) electrons. The van der Waals surface area contributed by atoms with E-state index in [2.05, 4.69) is 37.5 Å². The highest BCUT2D eigenvalue weighted by Crippen LogP contribution is 2.24. The van der Waals surface area contributed by atoms with Crippen LogP contribution in [0.1, 0.15) is 33.6 Å². The molecule has 1 aliphatic rings. The van der Waals surface area contributed by atoms with E-state index >= 15 is 0 Å². The van der Waals surface area contributed by atoms with Crippen molar-refractivity contribution in [3.8, 4) is 6.01 Å². The quantitative estimate of drug-likeness (QED) is 0.716. The van der Waals surface area contributed by atoms with Crippen LogP contribution in [0.15, 0.2) is 0 Å². The summed E-state index contributed by atoms with van der Waals surface area (Å²) >= 11 is 0. The van der Waals surface area contributed by atoms with E-state index < -0.39 is 0 Å². The van der Waals surface area contributed by atoms with Gasteiger partial charge >= 0.3 is 6.01 Å². The van der Waals surface area contributed by atoms with Crippen LogP contribution in [-0.2, 0) is 0 Å². The summed E-state index contributed by atoms with van der Waals surface area (Å²) < 4.78 is 5.56. The van der Waals surface area contributed by atoms with Crippen LogP contribution in [0.5, 0.6) is 6.01 Å². The van der Waals surface area contributed by atoms with Gasteiger partial charge in [-0.05, 0) is 40.7 Å². The maximum absolute atomic E-state index is 5.56. The predicted octanol–water partition coefficient (Wildman–Crippen LogP) is 1.60. The fourth-order valence-electron chi connectivity index (χ4n) is 1.98. The Kier molecular flexibility index (Phi) is 5.55. The van der Waals surface area contributed by atoms with Gasteiger partial charge in [0, 0.05) is 25.7 Å². The smallest absolute Gasteiger partial charge is 0.323 e. The van der Waals surface area contributed by atoms with Crippen molar-refractivity contribution in [2.24, 2.45) is 0 Å². The Bertz CT molecular complexity index is 449. The van der Waals surface area contributed by atoms with Gasteiger partial charge in [-0.15, -0.1) is 0 Å². The molecular weight excluding hydrogens is 268 g/mol. The second-order valence-corrected chi connectivity index (χ2v) is 5.60. The summed E-state index contributed by atoms with van der Waals surface area (Å²) in [6.45, 7) is 8.46. The molecule has 2 rings (SSSR count). The Morgan fingerprint density at radius 3 is 2.43 bits per heavy atom. The van der Waals surface area contributed by atoms with Gasteiger partial charge in [0.15, 0.2) is 0 Å². The first-order chi connectivity index (χ1) is 10.1. The van der Waals surface area contributed by atoms with Gasteiger partial charge < -0.3 is 20.3 Å². The van der Waals surface area contributed by atoms with Gasteiger partial charge in [-0.25, -0.2) is 0 Å². The molecule has 0 aliphatic heterocycles. The van der Waals surface area contributed by atoms with Crippen molar-refractivity contribution < 1.29 is 4.74 Å². The SMILES string of the molecule is CCNc1nc(NCCN(C)C2CC2)nc(OC(C)C)n1. The lowest BCUT2D eigenvalue weighted by atomic mass is 10.5. The molecule has 7 nitrogen and oxygen atoms in total. The fraction of sp³-hybridized carbons (Fsp3) is 0.786. The average molecular weight is 294 g/mol. The molecule has 1 aromatic rings. The van der Waals surface area contributed by atoms with E-state index in [1.807, 2.05) is 20.8 Å². The Labute approximate surface area is 126 Å². The molecule has 1 fully saturated rings. The van der Waals surface area contributed by atoms with Crippen LogP contribution in [-0.4, -0.2) is 58.7 Å². The first kappa shape index (κ1) is 15.8. The topological polar surface area (TPSA) is 75.2 Å². The summed E-state index contributed by atoms with van der Waals surface area (Å²) in [6, 6.07) is 1.12. The Hall–Kier alpha value is -1.63. The number of anilines is 2. The van der Waals surface area contributed by atoms with Crippen molar-refractivity contribution in [1.82, 2.24) is 19.9 Å². The van der Waals surface area contributed by atoms with Gasteiger partial charge in [0.05, 0.1) is 6.10 Å². The predicted molar refractivity (Wildman–Crippen MR) is 83.9 cm³/mol. The first-order valence-corrected chi connectivity index (χ1v) is 7.69. The van der Waals surface area contributed by atoms with Gasteiger partial charge in [-0.1, -0.05) is 0 Å². The molecule has 0 bridgehead atoms. The third-order valence-corrected chi connectivity index (χ3v) is 3.21. The number of ether oxygens (including phenoxy) is 1. The molecular formula is C14H26N6O. The van der Waals surface area contributed by atoms with Crippen LogP contribution in [0.2, 0.25) is 0 Å². The summed E-state index contributed by atoms with van der Waals surface area (Å²) in [5.74, 6) is 1.10. The molecule has 0 aromatic carbocycles. The Morgan fingerprint density at radius 1 is 1.19 bits per heavy atom. The number of rotatable bonds is 9. The van der Waals surface area contributed by atoms with E-state index in [0.717, 1.165) is 25.7 Å². The molecule has 0 unspecified atom stereocenters. The molecule has 118 valence electrons. The van der Waals surface area contributed by atoms with Gasteiger partial charge in [0.25, 0.3) is 0 Å². The van der Waals surface area contributed by atoms with Gasteiger partial charge in [0.1, 0.15) is 0 Å². The number of hydrogen-bond donors (Lipinski definition) is 2. The molecule has 0 spiro atoms. The van der Waals surface area contributed by atoms with E-state index in [4.69, 9.17) is 4.74 Å². The number of likely N-dealkylation sites (N-methyl/N-ethyl adjacent to an activating group) is 1.